The molecule has 1 unspecified atom stereocenters. The quantitative estimate of drug-likeness (QED) is 0.623. The first-order valence-corrected chi connectivity index (χ1v) is 8.27. The van der Waals surface area contributed by atoms with Crippen molar-refractivity contribution >= 4 is 5.91 Å². The topological polar surface area (TPSA) is 46.3 Å². The maximum absolute atomic E-state index is 14.2. The van der Waals surface area contributed by atoms with Gasteiger partial charge in [0.15, 0.2) is 11.6 Å². The van der Waals surface area contributed by atoms with Gasteiger partial charge in [-0.3, -0.25) is 4.79 Å². The number of carbonyl (C=O) groups is 1. The zero-order chi connectivity index (χ0) is 19.6. The maximum Gasteiger partial charge on any atom is 0.406 e. The molecule has 2 N–H and O–H groups in total. The van der Waals surface area contributed by atoms with Crippen LogP contribution in [0.2, 0.25) is 0 Å². The molecule has 3 atom stereocenters. The number of amides is 1. The van der Waals surface area contributed by atoms with Gasteiger partial charge >= 0.3 is 6.18 Å². The molecular weight excluding hydrogens is 362 g/mol. The predicted octanol–water partition coefficient (Wildman–Crippen LogP) is 3.73. The fourth-order valence-electron chi connectivity index (χ4n) is 3.51. The number of nitrogens with zero attached hydrogens (tertiary/aromatic N) is 1. The van der Waals surface area contributed by atoms with Gasteiger partial charge in [-0.2, -0.15) is 13.2 Å². The summed E-state index contributed by atoms with van der Waals surface area (Å²) in [6, 6.07) is 0.0896. The molecule has 3 nitrogen and oxygen atoms in total. The van der Waals surface area contributed by atoms with Crippen molar-refractivity contribution in [1.82, 2.24) is 4.90 Å². The number of hydrogen-bond donors (Lipinski definition) is 1. The van der Waals surface area contributed by atoms with Crippen LogP contribution in [0.4, 0.5) is 26.3 Å². The van der Waals surface area contributed by atoms with Gasteiger partial charge < -0.3 is 10.6 Å². The minimum atomic E-state index is -4.64. The predicted molar refractivity (Wildman–Crippen MR) is 82.7 cm³/mol. The number of alkyl halides is 3. The number of halogens is 6. The second-order valence-electron chi connectivity index (χ2n) is 6.58. The van der Waals surface area contributed by atoms with Crippen molar-refractivity contribution in [3.63, 3.8) is 0 Å². The van der Waals surface area contributed by atoms with Crippen molar-refractivity contribution < 1.29 is 31.1 Å². The van der Waals surface area contributed by atoms with Crippen LogP contribution >= 0.6 is 0 Å². The second kappa shape index (κ2) is 7.85. The van der Waals surface area contributed by atoms with Crippen molar-refractivity contribution in [3.8, 4) is 0 Å². The number of piperidine rings is 1. The third-order valence-electron chi connectivity index (χ3n) is 4.77. The number of benzene rings is 1. The third kappa shape index (κ3) is 4.49. The minimum absolute atomic E-state index is 0.00811. The summed E-state index contributed by atoms with van der Waals surface area (Å²) in [6.07, 6.45) is -4.01. The van der Waals surface area contributed by atoms with Crippen LogP contribution in [0.25, 0.3) is 0 Å². The van der Waals surface area contributed by atoms with Crippen LogP contribution < -0.4 is 5.73 Å². The van der Waals surface area contributed by atoms with Crippen molar-refractivity contribution in [2.75, 3.05) is 13.1 Å². The lowest BCUT2D eigenvalue weighted by atomic mass is 9.77. The van der Waals surface area contributed by atoms with Crippen LogP contribution in [-0.4, -0.2) is 36.1 Å². The van der Waals surface area contributed by atoms with Crippen LogP contribution in [0.1, 0.15) is 37.7 Å². The van der Waals surface area contributed by atoms with E-state index in [1.807, 2.05) is 0 Å². The number of likely N-dealkylation sites (tertiary alicyclic amines) is 1. The Morgan fingerprint density at radius 3 is 2.46 bits per heavy atom. The Hall–Kier alpha value is -1.77. The van der Waals surface area contributed by atoms with Crippen LogP contribution in [0.5, 0.6) is 0 Å². The standard InChI is InChI=1S/C17H20F6N2O/c1-9-12(13-6-11(18)7-14(19)15(13)20)5-10(3-2-4-24)16(26)25(9)8-17(21,22)23/h6-7,9-10,12H,2-5,8,24H2,1H3/t9-,10?,12-/m1/s1. The molecule has 1 saturated heterocycles. The van der Waals surface area contributed by atoms with Gasteiger partial charge in [0.1, 0.15) is 12.4 Å². The molecule has 26 heavy (non-hydrogen) atoms. The van der Waals surface area contributed by atoms with Crippen LogP contribution in [0.15, 0.2) is 12.1 Å². The second-order valence-corrected chi connectivity index (χ2v) is 6.58. The summed E-state index contributed by atoms with van der Waals surface area (Å²) in [7, 11) is 0. The lowest BCUT2D eigenvalue weighted by molar-refractivity contribution is -0.173. The van der Waals surface area contributed by atoms with Gasteiger partial charge in [-0.05, 0) is 44.4 Å². The SMILES string of the molecule is C[C@@H]1[C@H](c2cc(F)cc(F)c2F)CC(CCCN)C(=O)N1CC(F)(F)F. The first-order chi connectivity index (χ1) is 12.0. The van der Waals surface area contributed by atoms with E-state index in [4.69, 9.17) is 5.73 Å². The van der Waals surface area contributed by atoms with E-state index in [9.17, 15) is 31.1 Å². The van der Waals surface area contributed by atoms with Gasteiger partial charge in [0, 0.05) is 23.9 Å². The highest BCUT2D eigenvalue weighted by Crippen LogP contribution is 2.40. The van der Waals surface area contributed by atoms with Gasteiger partial charge in [-0.25, -0.2) is 13.2 Å². The highest BCUT2D eigenvalue weighted by atomic mass is 19.4. The van der Waals surface area contributed by atoms with E-state index in [0.29, 0.717) is 17.4 Å². The van der Waals surface area contributed by atoms with Crippen molar-refractivity contribution in [2.45, 2.75) is 44.3 Å². The Morgan fingerprint density at radius 2 is 1.88 bits per heavy atom. The molecule has 1 aliphatic rings. The van der Waals surface area contributed by atoms with E-state index < -0.39 is 54.0 Å². The number of rotatable bonds is 5. The highest BCUT2D eigenvalue weighted by molar-refractivity contribution is 5.80. The lowest BCUT2D eigenvalue weighted by Gasteiger charge is -2.43. The molecule has 1 fully saturated rings. The van der Waals surface area contributed by atoms with Crippen LogP contribution in [0, 0.1) is 23.4 Å². The Balaban J connectivity index is 2.42. The fourth-order valence-corrected chi connectivity index (χ4v) is 3.51. The maximum atomic E-state index is 14.2. The molecule has 9 heteroatoms. The number of nitrogens with two attached hydrogens (primary N) is 1. The fraction of sp³-hybridized carbons (Fsp3) is 0.588. The van der Waals surface area contributed by atoms with E-state index in [0.717, 1.165) is 6.07 Å². The molecular formula is C17H20F6N2O. The third-order valence-corrected chi connectivity index (χ3v) is 4.77. The van der Waals surface area contributed by atoms with Gasteiger partial charge in [0.2, 0.25) is 5.91 Å². The number of carbonyl (C=O) groups excluding carboxylic acids is 1. The van der Waals surface area contributed by atoms with Gasteiger partial charge in [0.05, 0.1) is 0 Å². The van der Waals surface area contributed by atoms with E-state index in [2.05, 4.69) is 0 Å². The van der Waals surface area contributed by atoms with E-state index in [1.165, 1.54) is 6.92 Å². The summed E-state index contributed by atoms with van der Waals surface area (Å²) < 4.78 is 80.0. The highest BCUT2D eigenvalue weighted by Gasteiger charge is 2.45. The summed E-state index contributed by atoms with van der Waals surface area (Å²) in [4.78, 5) is 13.1. The first kappa shape index (κ1) is 20.5. The normalized spacial score (nSPS) is 24.2. The summed E-state index contributed by atoms with van der Waals surface area (Å²) >= 11 is 0. The zero-order valence-electron chi connectivity index (χ0n) is 14.1. The van der Waals surface area contributed by atoms with E-state index >= 15 is 0 Å². The molecule has 0 bridgehead atoms. The molecule has 1 amide bonds. The Kier molecular flexibility index (Phi) is 6.21. The summed E-state index contributed by atoms with van der Waals surface area (Å²) in [6.45, 7) is 0.0734. The average molecular weight is 382 g/mol. The number of hydrogen-bond acceptors (Lipinski definition) is 2. The molecule has 0 radical (unpaired) electrons. The van der Waals surface area contributed by atoms with Crippen molar-refractivity contribution in [3.05, 3.63) is 35.1 Å². The summed E-state index contributed by atoms with van der Waals surface area (Å²) in [5.74, 6) is -6.20. The molecule has 1 heterocycles. The Labute approximate surface area is 147 Å². The monoisotopic (exact) mass is 382 g/mol. The summed E-state index contributed by atoms with van der Waals surface area (Å²) in [5.41, 5.74) is 5.05. The molecule has 1 aromatic rings. The van der Waals surface area contributed by atoms with Crippen molar-refractivity contribution in [1.29, 1.82) is 0 Å². The largest absolute Gasteiger partial charge is 0.406 e. The van der Waals surface area contributed by atoms with E-state index in [1.54, 1.807) is 0 Å². The Bertz CT molecular complexity index is 663. The molecule has 0 spiro atoms. The molecule has 0 aliphatic carbocycles. The van der Waals surface area contributed by atoms with Crippen molar-refractivity contribution in [2.24, 2.45) is 11.7 Å². The molecule has 0 saturated carbocycles. The van der Waals surface area contributed by atoms with Crippen LogP contribution in [-0.2, 0) is 4.79 Å². The molecule has 1 aliphatic heterocycles. The smallest absolute Gasteiger partial charge is 0.330 e. The first-order valence-electron chi connectivity index (χ1n) is 8.27. The van der Waals surface area contributed by atoms with Gasteiger partial charge in [0.25, 0.3) is 0 Å². The van der Waals surface area contributed by atoms with Gasteiger partial charge in [-0.15, -0.1) is 0 Å². The van der Waals surface area contributed by atoms with E-state index in [-0.39, 0.29) is 24.9 Å². The molecule has 2 rings (SSSR count). The minimum Gasteiger partial charge on any atom is -0.330 e. The van der Waals surface area contributed by atoms with Gasteiger partial charge in [-0.1, -0.05) is 0 Å². The Morgan fingerprint density at radius 1 is 1.23 bits per heavy atom. The molecule has 146 valence electrons. The average Bonchev–Trinajstić information content (AvgIpc) is 2.53. The lowest BCUT2D eigenvalue weighted by Crippen LogP contribution is -2.53. The summed E-state index contributed by atoms with van der Waals surface area (Å²) in [5, 5.41) is 0. The molecule has 0 aromatic heterocycles. The molecule has 1 aromatic carbocycles. The van der Waals surface area contributed by atoms with Crippen LogP contribution in [0.3, 0.4) is 0 Å². The zero-order valence-corrected chi connectivity index (χ0v) is 14.1.